The molecule has 0 radical (unpaired) electrons. The lowest BCUT2D eigenvalue weighted by molar-refractivity contribution is 1.29. The van der Waals surface area contributed by atoms with Gasteiger partial charge in [-0.05, 0) is 91.5 Å². The van der Waals surface area contributed by atoms with Crippen LogP contribution in [-0.4, -0.2) is 0 Å². The minimum atomic E-state index is 1.12. The van der Waals surface area contributed by atoms with Gasteiger partial charge in [0.1, 0.15) is 0 Å². The number of para-hydroxylation sites is 1. The Morgan fingerprint density at radius 1 is 0.340 bits per heavy atom. The van der Waals surface area contributed by atoms with Crippen LogP contribution in [0.1, 0.15) is 0 Å². The summed E-state index contributed by atoms with van der Waals surface area (Å²) in [6, 6.07) is 68.7. The Balaban J connectivity index is 1.10. The summed E-state index contributed by atoms with van der Waals surface area (Å²) in [6.07, 6.45) is 0. The maximum absolute atomic E-state index is 2.41. The number of nitrogens with zero attached hydrogens (tertiary/aromatic N) is 1. The molecule has 10 rings (SSSR count). The molecular formula is C48H31NS. The highest BCUT2D eigenvalue weighted by Gasteiger charge is 2.18. The van der Waals surface area contributed by atoms with Gasteiger partial charge in [0, 0.05) is 37.1 Å². The van der Waals surface area contributed by atoms with E-state index in [0.29, 0.717) is 0 Å². The van der Waals surface area contributed by atoms with Crippen molar-refractivity contribution in [2.45, 2.75) is 0 Å². The second-order valence-electron chi connectivity index (χ2n) is 12.9. The smallest absolute Gasteiger partial charge is 0.0540 e. The number of thiophene rings is 1. The fourth-order valence-corrected chi connectivity index (χ4v) is 8.77. The predicted molar refractivity (Wildman–Crippen MR) is 217 cm³/mol. The average molecular weight is 654 g/mol. The highest BCUT2D eigenvalue weighted by atomic mass is 32.1. The molecule has 0 aliphatic carbocycles. The molecule has 0 N–H and O–H groups in total. The Labute approximate surface area is 294 Å². The Morgan fingerprint density at radius 3 is 1.84 bits per heavy atom. The Kier molecular flexibility index (Phi) is 6.75. The van der Waals surface area contributed by atoms with Gasteiger partial charge in [-0.2, -0.15) is 0 Å². The van der Waals surface area contributed by atoms with Crippen molar-refractivity contribution >= 4 is 80.9 Å². The summed E-state index contributed by atoms with van der Waals surface area (Å²) in [5, 5.41) is 10.3. The van der Waals surface area contributed by atoms with Crippen molar-refractivity contribution in [3.8, 4) is 22.3 Å². The molecule has 0 fully saturated rings. The van der Waals surface area contributed by atoms with E-state index in [-0.39, 0.29) is 0 Å². The van der Waals surface area contributed by atoms with Crippen molar-refractivity contribution in [2.75, 3.05) is 4.90 Å². The van der Waals surface area contributed by atoms with Gasteiger partial charge in [-0.25, -0.2) is 0 Å². The van der Waals surface area contributed by atoms with Gasteiger partial charge in [-0.1, -0.05) is 146 Å². The zero-order valence-electron chi connectivity index (χ0n) is 27.3. The lowest BCUT2D eigenvalue weighted by Gasteiger charge is -2.28. The fourth-order valence-electron chi connectivity index (χ4n) is 7.63. The normalized spacial score (nSPS) is 11.6. The monoisotopic (exact) mass is 653 g/mol. The van der Waals surface area contributed by atoms with Gasteiger partial charge in [0.05, 0.1) is 5.69 Å². The van der Waals surface area contributed by atoms with Crippen molar-refractivity contribution in [2.24, 2.45) is 0 Å². The van der Waals surface area contributed by atoms with Gasteiger partial charge in [0.15, 0.2) is 0 Å². The molecule has 10 aromatic rings. The van der Waals surface area contributed by atoms with Gasteiger partial charge in [-0.15, -0.1) is 11.3 Å². The van der Waals surface area contributed by atoms with Gasteiger partial charge in [0.2, 0.25) is 0 Å². The van der Waals surface area contributed by atoms with Crippen molar-refractivity contribution in [3.05, 3.63) is 188 Å². The summed E-state index contributed by atoms with van der Waals surface area (Å²) in [4.78, 5) is 2.41. The van der Waals surface area contributed by atoms with Crippen LogP contribution in [0.25, 0.3) is 74.7 Å². The fraction of sp³-hybridized carbons (Fsp3) is 0. The molecule has 0 saturated heterocycles. The minimum absolute atomic E-state index is 1.12. The maximum Gasteiger partial charge on any atom is 0.0540 e. The van der Waals surface area contributed by atoms with Crippen molar-refractivity contribution in [3.63, 3.8) is 0 Å². The number of benzene rings is 9. The summed E-state index contributed by atoms with van der Waals surface area (Å²) in [7, 11) is 0. The first-order chi connectivity index (χ1) is 24.8. The Bertz CT molecular complexity index is 2870. The molecule has 0 spiro atoms. The minimum Gasteiger partial charge on any atom is -0.310 e. The van der Waals surface area contributed by atoms with Crippen LogP contribution < -0.4 is 4.90 Å². The molecule has 0 atom stereocenters. The molecule has 50 heavy (non-hydrogen) atoms. The Morgan fingerprint density at radius 2 is 0.960 bits per heavy atom. The molecule has 2 heteroatoms. The number of fused-ring (bicyclic) bond motifs is 8. The number of hydrogen-bond donors (Lipinski definition) is 0. The number of hydrogen-bond acceptors (Lipinski definition) is 2. The molecule has 0 saturated carbocycles. The molecule has 0 amide bonds. The number of anilines is 3. The zero-order chi connectivity index (χ0) is 33.0. The van der Waals surface area contributed by atoms with Gasteiger partial charge in [0.25, 0.3) is 0 Å². The first-order valence-electron chi connectivity index (χ1n) is 17.1. The molecule has 0 aliphatic heterocycles. The third-order valence-electron chi connectivity index (χ3n) is 10.0. The van der Waals surface area contributed by atoms with E-state index in [4.69, 9.17) is 0 Å². The average Bonchev–Trinajstić information content (AvgIpc) is 3.56. The highest BCUT2D eigenvalue weighted by Crippen LogP contribution is 2.44. The SMILES string of the molecule is c1ccc(-c2ccccc2N(c2ccc(-c3ccc4c(ccc5ccc6ccccc6c54)c3)cc2)c2ccc3c(c2)sc2ccccc23)cc1. The Hall–Kier alpha value is -6.22. The standard InChI is InChI=1S/C48H31NS/c1-2-10-33(11-3-1)40-13-6-8-16-45(40)49(39-27-29-44-43-15-7-9-17-46(43)50-47(44)31-39)38-25-22-32(23-26-38)36-24-28-42-37(30-36)21-20-35-19-18-34-12-4-5-14-41(34)48(35)42/h1-31H. The van der Waals surface area contributed by atoms with Crippen LogP contribution in [-0.2, 0) is 0 Å². The van der Waals surface area contributed by atoms with Crippen LogP contribution in [0.15, 0.2) is 188 Å². The quantitative estimate of drug-likeness (QED) is 0.167. The van der Waals surface area contributed by atoms with Crippen LogP contribution in [0, 0.1) is 0 Å². The number of rotatable bonds is 5. The molecule has 0 bridgehead atoms. The molecule has 1 nitrogen and oxygen atoms in total. The summed E-state index contributed by atoms with van der Waals surface area (Å²) in [5.74, 6) is 0. The van der Waals surface area contributed by atoms with E-state index in [1.807, 2.05) is 11.3 Å². The van der Waals surface area contributed by atoms with E-state index in [9.17, 15) is 0 Å². The molecular weight excluding hydrogens is 623 g/mol. The van der Waals surface area contributed by atoms with Crippen LogP contribution in [0.5, 0.6) is 0 Å². The second kappa shape index (κ2) is 11.7. The van der Waals surface area contributed by atoms with E-state index in [2.05, 4.69) is 193 Å². The summed E-state index contributed by atoms with van der Waals surface area (Å²) >= 11 is 1.86. The molecule has 1 aromatic heterocycles. The zero-order valence-corrected chi connectivity index (χ0v) is 28.1. The second-order valence-corrected chi connectivity index (χ2v) is 14.0. The van der Waals surface area contributed by atoms with E-state index in [0.717, 1.165) is 17.1 Å². The van der Waals surface area contributed by atoms with Gasteiger partial charge >= 0.3 is 0 Å². The third-order valence-corrected chi connectivity index (χ3v) is 11.2. The van der Waals surface area contributed by atoms with Crippen molar-refractivity contribution in [1.82, 2.24) is 0 Å². The van der Waals surface area contributed by atoms with Crippen LogP contribution in [0.3, 0.4) is 0 Å². The first-order valence-corrected chi connectivity index (χ1v) is 17.9. The lowest BCUT2D eigenvalue weighted by atomic mass is 9.94. The predicted octanol–water partition coefficient (Wildman–Crippen LogP) is 14.3. The van der Waals surface area contributed by atoms with E-state index < -0.39 is 0 Å². The molecule has 0 unspecified atom stereocenters. The third kappa shape index (κ3) is 4.76. The maximum atomic E-state index is 2.41. The van der Waals surface area contributed by atoms with E-state index in [1.54, 1.807) is 0 Å². The summed E-state index contributed by atoms with van der Waals surface area (Å²) in [6.45, 7) is 0. The van der Waals surface area contributed by atoms with Crippen LogP contribution >= 0.6 is 11.3 Å². The molecule has 1 heterocycles. The largest absolute Gasteiger partial charge is 0.310 e. The summed E-state index contributed by atoms with van der Waals surface area (Å²) < 4.78 is 2.61. The van der Waals surface area contributed by atoms with E-state index in [1.165, 1.54) is 74.7 Å². The highest BCUT2D eigenvalue weighted by molar-refractivity contribution is 7.25. The topological polar surface area (TPSA) is 3.24 Å². The summed E-state index contributed by atoms with van der Waals surface area (Å²) in [5.41, 5.74) is 8.22. The molecule has 0 aliphatic rings. The van der Waals surface area contributed by atoms with Gasteiger partial charge in [-0.3, -0.25) is 0 Å². The van der Waals surface area contributed by atoms with Crippen LogP contribution in [0.2, 0.25) is 0 Å². The lowest BCUT2D eigenvalue weighted by Crippen LogP contribution is -2.11. The van der Waals surface area contributed by atoms with Gasteiger partial charge < -0.3 is 4.90 Å². The van der Waals surface area contributed by atoms with Crippen LogP contribution in [0.4, 0.5) is 17.1 Å². The molecule has 9 aromatic carbocycles. The first kappa shape index (κ1) is 28.8. The van der Waals surface area contributed by atoms with Crippen molar-refractivity contribution in [1.29, 1.82) is 0 Å². The van der Waals surface area contributed by atoms with E-state index >= 15 is 0 Å². The molecule has 234 valence electrons. The van der Waals surface area contributed by atoms with Crippen molar-refractivity contribution < 1.29 is 0 Å².